The zero-order valence-electron chi connectivity index (χ0n) is 10.3. The van der Waals surface area contributed by atoms with Gasteiger partial charge in [0, 0.05) is 5.56 Å². The largest absolute Gasteiger partial charge is 0.497 e. The van der Waals surface area contributed by atoms with Crippen molar-refractivity contribution in [3.63, 3.8) is 0 Å². The normalized spacial score (nSPS) is 10.2. The van der Waals surface area contributed by atoms with Crippen molar-refractivity contribution < 1.29 is 19.4 Å². The summed E-state index contributed by atoms with van der Waals surface area (Å²) in [5.41, 5.74) is 6.09. The Labute approximate surface area is 113 Å². The van der Waals surface area contributed by atoms with Crippen molar-refractivity contribution in [2.24, 2.45) is 0 Å². The van der Waals surface area contributed by atoms with E-state index in [-0.39, 0.29) is 10.8 Å². The molecule has 0 unspecified atom stereocenters. The second kappa shape index (κ2) is 5.15. The van der Waals surface area contributed by atoms with Gasteiger partial charge in [-0.15, -0.1) is 0 Å². The molecule has 19 heavy (non-hydrogen) atoms. The number of carboxylic acid groups (broad SMARTS) is 1. The first-order valence-corrected chi connectivity index (χ1v) is 6.10. The molecule has 100 valence electrons. The van der Waals surface area contributed by atoms with Crippen LogP contribution in [0, 0.1) is 0 Å². The average Bonchev–Trinajstić information content (AvgIpc) is 2.80. The summed E-state index contributed by atoms with van der Waals surface area (Å²) in [6.07, 6.45) is 0. The molecular formula is C12H12N2O4S. The maximum Gasteiger partial charge on any atom is 0.356 e. The van der Waals surface area contributed by atoms with Crippen molar-refractivity contribution >= 4 is 22.4 Å². The number of carbonyl (C=O) groups is 1. The van der Waals surface area contributed by atoms with E-state index >= 15 is 0 Å². The first-order valence-electron chi connectivity index (χ1n) is 5.28. The molecule has 1 heterocycles. The number of nitrogens with zero attached hydrogens (tertiary/aromatic N) is 1. The number of anilines is 1. The molecule has 0 amide bonds. The van der Waals surface area contributed by atoms with Crippen LogP contribution in [0.2, 0.25) is 0 Å². The van der Waals surface area contributed by atoms with Gasteiger partial charge in [0.25, 0.3) is 0 Å². The van der Waals surface area contributed by atoms with Crippen molar-refractivity contribution in [3.8, 4) is 21.9 Å². The predicted molar refractivity (Wildman–Crippen MR) is 72.0 cm³/mol. The maximum absolute atomic E-state index is 11.2. The SMILES string of the molecule is COc1ccc(OC)c(-c2sc(N)nc2C(=O)O)c1. The Kier molecular flexibility index (Phi) is 3.57. The Morgan fingerprint density at radius 3 is 2.68 bits per heavy atom. The number of ether oxygens (including phenoxy) is 2. The quantitative estimate of drug-likeness (QED) is 0.890. The molecule has 0 bridgehead atoms. The third kappa shape index (κ3) is 2.45. The van der Waals surface area contributed by atoms with Gasteiger partial charge in [-0.2, -0.15) is 0 Å². The van der Waals surface area contributed by atoms with Crippen LogP contribution in [0.4, 0.5) is 5.13 Å². The maximum atomic E-state index is 11.2. The van der Waals surface area contributed by atoms with Crippen molar-refractivity contribution in [3.05, 3.63) is 23.9 Å². The van der Waals surface area contributed by atoms with Gasteiger partial charge < -0.3 is 20.3 Å². The van der Waals surface area contributed by atoms with Gasteiger partial charge in [0.2, 0.25) is 0 Å². The molecule has 0 aliphatic heterocycles. The zero-order valence-corrected chi connectivity index (χ0v) is 11.2. The summed E-state index contributed by atoms with van der Waals surface area (Å²) < 4.78 is 10.4. The minimum atomic E-state index is -1.13. The number of carboxylic acids is 1. The van der Waals surface area contributed by atoms with Gasteiger partial charge in [0.1, 0.15) is 11.5 Å². The number of hydrogen-bond acceptors (Lipinski definition) is 6. The zero-order chi connectivity index (χ0) is 14.0. The molecule has 0 atom stereocenters. The number of thiazole rings is 1. The molecule has 0 aliphatic carbocycles. The van der Waals surface area contributed by atoms with Gasteiger partial charge in [-0.3, -0.25) is 0 Å². The number of hydrogen-bond donors (Lipinski definition) is 2. The molecule has 3 N–H and O–H groups in total. The van der Waals surface area contributed by atoms with Crippen molar-refractivity contribution in [1.29, 1.82) is 0 Å². The molecule has 0 fully saturated rings. The number of benzene rings is 1. The van der Waals surface area contributed by atoms with Crippen LogP contribution < -0.4 is 15.2 Å². The smallest absolute Gasteiger partial charge is 0.356 e. The molecule has 2 aromatic rings. The van der Waals surface area contributed by atoms with E-state index in [1.54, 1.807) is 18.2 Å². The molecule has 1 aromatic heterocycles. The van der Waals surface area contributed by atoms with Gasteiger partial charge in [0.15, 0.2) is 10.8 Å². The van der Waals surface area contributed by atoms with Crippen LogP contribution in [0.3, 0.4) is 0 Å². The molecule has 0 spiro atoms. The lowest BCUT2D eigenvalue weighted by Gasteiger charge is -2.09. The van der Waals surface area contributed by atoms with E-state index in [0.29, 0.717) is 21.9 Å². The second-order valence-electron chi connectivity index (χ2n) is 3.60. The molecule has 0 aliphatic rings. The molecule has 2 rings (SSSR count). The monoisotopic (exact) mass is 280 g/mol. The van der Waals surface area contributed by atoms with E-state index in [9.17, 15) is 4.79 Å². The minimum absolute atomic E-state index is 0.0888. The number of aromatic nitrogens is 1. The van der Waals surface area contributed by atoms with Crippen LogP contribution >= 0.6 is 11.3 Å². The van der Waals surface area contributed by atoms with E-state index in [1.807, 2.05) is 0 Å². The molecule has 0 saturated heterocycles. The highest BCUT2D eigenvalue weighted by Gasteiger charge is 2.21. The summed E-state index contributed by atoms with van der Waals surface area (Å²) in [4.78, 5) is 15.4. The highest BCUT2D eigenvalue weighted by molar-refractivity contribution is 7.19. The second-order valence-corrected chi connectivity index (χ2v) is 4.63. The lowest BCUT2D eigenvalue weighted by molar-refractivity contribution is 0.0692. The molecule has 7 heteroatoms. The summed E-state index contributed by atoms with van der Waals surface area (Å²) >= 11 is 1.09. The predicted octanol–water partition coefficient (Wildman–Crippen LogP) is 2.11. The van der Waals surface area contributed by atoms with Gasteiger partial charge in [-0.1, -0.05) is 11.3 Å². The fourth-order valence-corrected chi connectivity index (χ4v) is 2.50. The highest BCUT2D eigenvalue weighted by Crippen LogP contribution is 2.39. The first-order chi connectivity index (χ1) is 9.06. The molecular weight excluding hydrogens is 268 g/mol. The van der Waals surface area contributed by atoms with Crippen molar-refractivity contribution in [1.82, 2.24) is 4.98 Å². The van der Waals surface area contributed by atoms with E-state index in [1.165, 1.54) is 14.2 Å². The fraction of sp³-hybridized carbons (Fsp3) is 0.167. The highest BCUT2D eigenvalue weighted by atomic mass is 32.1. The fourth-order valence-electron chi connectivity index (χ4n) is 1.66. The summed E-state index contributed by atoms with van der Waals surface area (Å²) in [6.45, 7) is 0. The molecule has 0 radical (unpaired) electrons. The third-order valence-corrected chi connectivity index (χ3v) is 3.42. The Bertz CT molecular complexity index is 624. The summed E-state index contributed by atoms with van der Waals surface area (Å²) in [5, 5.41) is 9.34. The van der Waals surface area contributed by atoms with E-state index < -0.39 is 5.97 Å². The van der Waals surface area contributed by atoms with E-state index in [0.717, 1.165) is 11.3 Å². The van der Waals surface area contributed by atoms with E-state index in [4.69, 9.17) is 20.3 Å². The summed E-state index contributed by atoms with van der Waals surface area (Å²) in [5.74, 6) is -0.00103. The van der Waals surface area contributed by atoms with Crippen LogP contribution in [0.1, 0.15) is 10.5 Å². The van der Waals surface area contributed by atoms with Crippen LogP contribution in [0.15, 0.2) is 18.2 Å². The van der Waals surface area contributed by atoms with Crippen LogP contribution in [-0.2, 0) is 0 Å². The first kappa shape index (κ1) is 13.2. The van der Waals surface area contributed by atoms with Crippen molar-refractivity contribution in [2.75, 3.05) is 20.0 Å². The average molecular weight is 280 g/mol. The molecule has 0 saturated carbocycles. The summed E-state index contributed by atoms with van der Waals surface area (Å²) in [6, 6.07) is 5.13. The lowest BCUT2D eigenvalue weighted by Crippen LogP contribution is -2.00. The standard InChI is InChI=1S/C12H12N2O4S/c1-17-6-3-4-8(18-2)7(5-6)10-9(11(15)16)14-12(13)19-10/h3-5H,1-2H3,(H2,13,14)(H,15,16). The minimum Gasteiger partial charge on any atom is -0.497 e. The number of methoxy groups -OCH3 is 2. The van der Waals surface area contributed by atoms with Gasteiger partial charge in [-0.25, -0.2) is 9.78 Å². The number of rotatable bonds is 4. The Balaban J connectivity index is 2.66. The number of nitrogens with two attached hydrogens (primary N) is 1. The number of aromatic carboxylic acids is 1. The van der Waals surface area contributed by atoms with E-state index in [2.05, 4.69) is 4.98 Å². The Morgan fingerprint density at radius 1 is 1.37 bits per heavy atom. The van der Waals surface area contributed by atoms with Crippen LogP contribution in [0.5, 0.6) is 11.5 Å². The van der Waals surface area contributed by atoms with Crippen LogP contribution in [-0.4, -0.2) is 30.3 Å². The summed E-state index contributed by atoms with van der Waals surface area (Å²) in [7, 11) is 3.04. The lowest BCUT2D eigenvalue weighted by atomic mass is 10.1. The van der Waals surface area contributed by atoms with Gasteiger partial charge in [0.05, 0.1) is 19.1 Å². The third-order valence-electron chi connectivity index (χ3n) is 2.50. The topological polar surface area (TPSA) is 94.7 Å². The van der Waals surface area contributed by atoms with Crippen molar-refractivity contribution in [2.45, 2.75) is 0 Å². The number of nitrogen functional groups attached to an aromatic ring is 1. The van der Waals surface area contributed by atoms with Crippen LogP contribution in [0.25, 0.3) is 10.4 Å². The van der Waals surface area contributed by atoms with Gasteiger partial charge >= 0.3 is 5.97 Å². The molecule has 6 nitrogen and oxygen atoms in total. The molecule has 1 aromatic carbocycles. The Hall–Kier alpha value is -2.28. The van der Waals surface area contributed by atoms with Gasteiger partial charge in [-0.05, 0) is 18.2 Å². The Morgan fingerprint density at radius 2 is 2.11 bits per heavy atom.